The number of aromatic nitrogens is 2. The predicted molar refractivity (Wildman–Crippen MR) is 68.8 cm³/mol. The lowest BCUT2D eigenvalue weighted by molar-refractivity contribution is 0.251. The van der Waals surface area contributed by atoms with Crippen molar-refractivity contribution in [2.75, 3.05) is 5.32 Å². The number of amides is 2. The number of urea groups is 1. The molecule has 2 aromatic rings. The van der Waals surface area contributed by atoms with Crippen LogP contribution in [0.15, 0.2) is 36.7 Å². The average Bonchev–Trinajstić information content (AvgIpc) is 2.90. The largest absolute Gasteiger partial charge is 0.347 e. The molecule has 0 aliphatic carbocycles. The summed E-state index contributed by atoms with van der Waals surface area (Å²) in [5, 5.41) is 5.43. The summed E-state index contributed by atoms with van der Waals surface area (Å²) in [6.45, 7) is 0.805. The van der Waals surface area contributed by atoms with Gasteiger partial charge in [0.2, 0.25) is 0 Å². The molecule has 1 heterocycles. The van der Waals surface area contributed by atoms with Crippen molar-refractivity contribution in [1.29, 1.82) is 0 Å². The molecule has 1 aromatic carbocycles. The number of carbonyl (C=O) groups is 1. The predicted octanol–water partition coefficient (Wildman–Crippen LogP) is 1.19. The van der Waals surface area contributed by atoms with Gasteiger partial charge in [-0.25, -0.2) is 9.78 Å². The highest BCUT2D eigenvalue weighted by Gasteiger charge is 2.02. The van der Waals surface area contributed by atoms with Crippen LogP contribution in [0.25, 0.3) is 0 Å². The minimum Gasteiger partial charge on any atom is -0.347 e. The quantitative estimate of drug-likeness (QED) is 0.651. The molecule has 0 bridgehead atoms. The molecule has 0 atom stereocenters. The van der Waals surface area contributed by atoms with Gasteiger partial charge in [-0.15, -0.1) is 0 Å². The summed E-state index contributed by atoms with van der Waals surface area (Å²) in [7, 11) is 0. The summed E-state index contributed by atoms with van der Waals surface area (Å²) in [6.07, 6.45) is 3.35. The van der Waals surface area contributed by atoms with Crippen LogP contribution in [0.3, 0.4) is 0 Å². The van der Waals surface area contributed by atoms with Crippen LogP contribution in [0.1, 0.15) is 11.4 Å². The average molecular weight is 245 g/mol. The highest BCUT2D eigenvalue weighted by atomic mass is 16.2. The van der Waals surface area contributed by atoms with E-state index in [0.29, 0.717) is 18.9 Å². The molecule has 0 fully saturated rings. The Balaban J connectivity index is 1.86. The second-order valence-electron chi connectivity index (χ2n) is 3.75. The SMILES string of the molecule is NCc1cccc(NC(=O)NCc2ncc[nH]2)c1. The number of aromatic amines is 1. The summed E-state index contributed by atoms with van der Waals surface area (Å²) in [5.74, 6) is 0.709. The Labute approximate surface area is 105 Å². The molecule has 5 N–H and O–H groups in total. The van der Waals surface area contributed by atoms with Gasteiger partial charge in [0.1, 0.15) is 5.82 Å². The Morgan fingerprint density at radius 1 is 1.44 bits per heavy atom. The number of rotatable bonds is 4. The lowest BCUT2D eigenvalue weighted by Crippen LogP contribution is -2.28. The van der Waals surface area contributed by atoms with E-state index in [2.05, 4.69) is 20.6 Å². The first-order valence-electron chi connectivity index (χ1n) is 5.60. The number of hydrogen-bond donors (Lipinski definition) is 4. The summed E-state index contributed by atoms with van der Waals surface area (Å²) >= 11 is 0. The van der Waals surface area contributed by atoms with Crippen molar-refractivity contribution in [2.45, 2.75) is 13.1 Å². The van der Waals surface area contributed by atoms with E-state index >= 15 is 0 Å². The lowest BCUT2D eigenvalue weighted by atomic mass is 10.2. The van der Waals surface area contributed by atoms with Gasteiger partial charge in [0.25, 0.3) is 0 Å². The van der Waals surface area contributed by atoms with Crippen molar-refractivity contribution in [3.63, 3.8) is 0 Å². The first kappa shape index (κ1) is 12.1. The first-order valence-corrected chi connectivity index (χ1v) is 5.60. The van der Waals surface area contributed by atoms with Crippen LogP contribution in [0.4, 0.5) is 10.5 Å². The highest BCUT2D eigenvalue weighted by molar-refractivity contribution is 5.89. The van der Waals surface area contributed by atoms with E-state index < -0.39 is 0 Å². The fraction of sp³-hybridized carbons (Fsp3) is 0.167. The van der Waals surface area contributed by atoms with E-state index in [4.69, 9.17) is 5.73 Å². The number of imidazole rings is 1. The Kier molecular flexibility index (Phi) is 3.93. The van der Waals surface area contributed by atoms with E-state index in [0.717, 1.165) is 11.3 Å². The number of carbonyl (C=O) groups excluding carboxylic acids is 1. The van der Waals surface area contributed by atoms with Crippen LogP contribution in [0.5, 0.6) is 0 Å². The highest BCUT2D eigenvalue weighted by Crippen LogP contribution is 2.09. The molecular formula is C12H15N5O. The fourth-order valence-electron chi connectivity index (χ4n) is 1.51. The Hall–Kier alpha value is -2.34. The zero-order valence-electron chi connectivity index (χ0n) is 9.81. The Morgan fingerprint density at radius 2 is 2.33 bits per heavy atom. The van der Waals surface area contributed by atoms with E-state index in [9.17, 15) is 4.79 Å². The van der Waals surface area contributed by atoms with Crippen LogP contribution in [0.2, 0.25) is 0 Å². The molecule has 0 radical (unpaired) electrons. The number of H-pyrrole nitrogens is 1. The normalized spacial score (nSPS) is 10.1. The molecule has 0 spiro atoms. The minimum absolute atomic E-state index is 0.277. The molecular weight excluding hydrogens is 230 g/mol. The van der Waals surface area contributed by atoms with Gasteiger partial charge < -0.3 is 21.4 Å². The van der Waals surface area contributed by atoms with Crippen LogP contribution < -0.4 is 16.4 Å². The van der Waals surface area contributed by atoms with Crippen molar-refractivity contribution in [2.24, 2.45) is 5.73 Å². The second kappa shape index (κ2) is 5.83. The number of nitrogens with zero attached hydrogens (tertiary/aromatic N) is 1. The molecule has 0 aliphatic rings. The third-order valence-corrected chi connectivity index (χ3v) is 2.39. The summed E-state index contributed by atoms with van der Waals surface area (Å²) < 4.78 is 0. The maximum atomic E-state index is 11.6. The number of nitrogens with two attached hydrogens (primary N) is 1. The molecule has 0 aliphatic heterocycles. The molecule has 0 unspecified atom stereocenters. The smallest absolute Gasteiger partial charge is 0.319 e. The minimum atomic E-state index is -0.277. The maximum Gasteiger partial charge on any atom is 0.319 e. The van der Waals surface area contributed by atoms with Crippen LogP contribution >= 0.6 is 0 Å². The van der Waals surface area contributed by atoms with Crippen molar-refractivity contribution in [3.05, 3.63) is 48.0 Å². The molecule has 94 valence electrons. The molecule has 0 saturated carbocycles. The van der Waals surface area contributed by atoms with E-state index in [1.165, 1.54) is 0 Å². The maximum absolute atomic E-state index is 11.6. The number of hydrogen-bond acceptors (Lipinski definition) is 3. The van der Waals surface area contributed by atoms with Gasteiger partial charge >= 0.3 is 6.03 Å². The van der Waals surface area contributed by atoms with Crippen LogP contribution in [0, 0.1) is 0 Å². The van der Waals surface area contributed by atoms with Gasteiger partial charge in [-0.2, -0.15) is 0 Å². The molecule has 1 aromatic heterocycles. The number of nitrogens with one attached hydrogen (secondary N) is 3. The topological polar surface area (TPSA) is 95.8 Å². The van der Waals surface area contributed by atoms with Crippen molar-refractivity contribution in [1.82, 2.24) is 15.3 Å². The van der Waals surface area contributed by atoms with E-state index in [1.807, 2.05) is 24.3 Å². The van der Waals surface area contributed by atoms with Gasteiger partial charge in [-0.3, -0.25) is 0 Å². The summed E-state index contributed by atoms with van der Waals surface area (Å²) in [6, 6.07) is 7.13. The van der Waals surface area contributed by atoms with Crippen LogP contribution in [-0.4, -0.2) is 16.0 Å². The monoisotopic (exact) mass is 245 g/mol. The zero-order chi connectivity index (χ0) is 12.8. The first-order chi connectivity index (χ1) is 8.78. The molecule has 6 nitrogen and oxygen atoms in total. The molecule has 2 rings (SSSR count). The summed E-state index contributed by atoms with van der Waals surface area (Å²) in [4.78, 5) is 18.5. The zero-order valence-corrected chi connectivity index (χ0v) is 9.81. The van der Waals surface area contributed by atoms with Gasteiger partial charge in [0, 0.05) is 24.6 Å². The van der Waals surface area contributed by atoms with Gasteiger partial charge in [0.05, 0.1) is 6.54 Å². The molecule has 6 heteroatoms. The third-order valence-electron chi connectivity index (χ3n) is 2.39. The van der Waals surface area contributed by atoms with E-state index in [-0.39, 0.29) is 6.03 Å². The van der Waals surface area contributed by atoms with Gasteiger partial charge in [0.15, 0.2) is 0 Å². The Morgan fingerprint density at radius 3 is 3.06 bits per heavy atom. The second-order valence-corrected chi connectivity index (χ2v) is 3.75. The third kappa shape index (κ3) is 3.33. The van der Waals surface area contributed by atoms with E-state index in [1.54, 1.807) is 12.4 Å². The fourth-order valence-corrected chi connectivity index (χ4v) is 1.51. The van der Waals surface area contributed by atoms with Gasteiger partial charge in [-0.05, 0) is 17.7 Å². The molecule has 2 amide bonds. The number of anilines is 1. The standard InChI is InChI=1S/C12H15N5O/c13-7-9-2-1-3-10(6-9)17-12(18)16-8-11-14-4-5-15-11/h1-6H,7-8,13H2,(H,14,15)(H2,16,17,18). The van der Waals surface area contributed by atoms with Crippen LogP contribution in [-0.2, 0) is 13.1 Å². The van der Waals surface area contributed by atoms with Gasteiger partial charge in [-0.1, -0.05) is 12.1 Å². The number of benzene rings is 1. The molecule has 18 heavy (non-hydrogen) atoms. The van der Waals surface area contributed by atoms with Crippen molar-refractivity contribution in [3.8, 4) is 0 Å². The Bertz CT molecular complexity index is 509. The van der Waals surface area contributed by atoms with Crippen molar-refractivity contribution < 1.29 is 4.79 Å². The van der Waals surface area contributed by atoms with Crippen molar-refractivity contribution >= 4 is 11.7 Å². The molecule has 0 saturated heterocycles. The lowest BCUT2D eigenvalue weighted by Gasteiger charge is -2.07. The summed E-state index contributed by atoms with van der Waals surface area (Å²) in [5.41, 5.74) is 7.22.